The first-order valence-corrected chi connectivity index (χ1v) is 6.98. The summed E-state index contributed by atoms with van der Waals surface area (Å²) in [5, 5.41) is 7.19. The molecule has 1 heterocycles. The second-order valence-electron chi connectivity index (χ2n) is 4.67. The average molecular weight is 272 g/mol. The lowest BCUT2D eigenvalue weighted by molar-refractivity contribution is 0.0951. The summed E-state index contributed by atoms with van der Waals surface area (Å²) in [6.07, 6.45) is 4.54. The van der Waals surface area contributed by atoms with E-state index in [0.717, 1.165) is 25.0 Å². The second-order valence-corrected chi connectivity index (χ2v) is 4.98. The molecule has 0 aromatic carbocycles. The highest BCUT2D eigenvalue weighted by atomic mass is 35.5. The Hall–Kier alpha value is -1.03. The predicted molar refractivity (Wildman–Crippen MR) is 74.0 cm³/mol. The smallest absolute Gasteiger partial charge is 0.254 e. The molecule has 0 bridgehead atoms. The fourth-order valence-electron chi connectivity index (χ4n) is 1.81. The maximum atomic E-state index is 12.0. The molecule has 4 nitrogen and oxygen atoms in total. The van der Waals surface area contributed by atoms with Gasteiger partial charge in [0.2, 0.25) is 0 Å². The SMILES string of the molecule is CCc1nn(C)cc1C(=O)NCCCC(C)CCl. The number of amides is 1. The van der Waals surface area contributed by atoms with Crippen molar-refractivity contribution in [1.29, 1.82) is 0 Å². The van der Waals surface area contributed by atoms with Gasteiger partial charge in [0.25, 0.3) is 5.91 Å². The van der Waals surface area contributed by atoms with Crippen LogP contribution < -0.4 is 5.32 Å². The molecule has 1 aromatic heterocycles. The van der Waals surface area contributed by atoms with Gasteiger partial charge >= 0.3 is 0 Å². The Kier molecular flexibility index (Phi) is 6.19. The number of carbonyl (C=O) groups excluding carboxylic acids is 1. The van der Waals surface area contributed by atoms with Crippen LogP contribution in [0.15, 0.2) is 6.20 Å². The number of rotatable bonds is 7. The van der Waals surface area contributed by atoms with Gasteiger partial charge in [-0.3, -0.25) is 9.48 Å². The summed E-state index contributed by atoms with van der Waals surface area (Å²) in [7, 11) is 1.83. The molecule has 0 radical (unpaired) electrons. The number of alkyl halides is 1. The molecule has 0 aliphatic heterocycles. The lowest BCUT2D eigenvalue weighted by Gasteiger charge is -2.08. The highest BCUT2D eigenvalue weighted by molar-refractivity contribution is 6.18. The van der Waals surface area contributed by atoms with Crippen molar-refractivity contribution in [2.45, 2.75) is 33.1 Å². The van der Waals surface area contributed by atoms with Crippen molar-refractivity contribution in [3.63, 3.8) is 0 Å². The molecule has 1 N–H and O–H groups in total. The molecule has 0 spiro atoms. The van der Waals surface area contributed by atoms with Gasteiger partial charge < -0.3 is 5.32 Å². The molecule has 1 unspecified atom stereocenters. The van der Waals surface area contributed by atoms with Gasteiger partial charge in [-0.25, -0.2) is 0 Å². The van der Waals surface area contributed by atoms with Crippen molar-refractivity contribution in [3.05, 3.63) is 17.5 Å². The Morgan fingerprint density at radius 3 is 2.94 bits per heavy atom. The van der Waals surface area contributed by atoms with E-state index in [9.17, 15) is 4.79 Å². The monoisotopic (exact) mass is 271 g/mol. The number of aryl methyl sites for hydroxylation is 2. The van der Waals surface area contributed by atoms with Crippen LogP contribution in [0.2, 0.25) is 0 Å². The molecule has 102 valence electrons. The molecule has 18 heavy (non-hydrogen) atoms. The Balaban J connectivity index is 2.40. The van der Waals surface area contributed by atoms with Gasteiger partial charge in [0.1, 0.15) is 0 Å². The van der Waals surface area contributed by atoms with Crippen molar-refractivity contribution in [1.82, 2.24) is 15.1 Å². The average Bonchev–Trinajstić information content (AvgIpc) is 2.75. The maximum Gasteiger partial charge on any atom is 0.254 e. The van der Waals surface area contributed by atoms with Crippen LogP contribution in [0.4, 0.5) is 0 Å². The van der Waals surface area contributed by atoms with Crippen molar-refractivity contribution in [3.8, 4) is 0 Å². The van der Waals surface area contributed by atoms with E-state index in [1.807, 2.05) is 14.0 Å². The zero-order valence-corrected chi connectivity index (χ0v) is 12.1. The minimum Gasteiger partial charge on any atom is -0.352 e. The number of carbonyl (C=O) groups is 1. The highest BCUT2D eigenvalue weighted by Crippen LogP contribution is 2.08. The molecule has 0 fully saturated rings. The molecule has 0 saturated carbocycles. The highest BCUT2D eigenvalue weighted by Gasteiger charge is 2.13. The van der Waals surface area contributed by atoms with Gasteiger partial charge in [0.15, 0.2) is 0 Å². The summed E-state index contributed by atoms with van der Waals surface area (Å²) < 4.78 is 1.68. The van der Waals surface area contributed by atoms with E-state index < -0.39 is 0 Å². The standard InChI is InChI=1S/C13H22ClN3O/c1-4-12-11(9-17(3)16-12)13(18)15-7-5-6-10(2)8-14/h9-10H,4-8H2,1-3H3,(H,15,18). The van der Waals surface area contributed by atoms with E-state index in [1.54, 1.807) is 10.9 Å². The van der Waals surface area contributed by atoms with Gasteiger partial charge in [-0.2, -0.15) is 5.10 Å². The second kappa shape index (κ2) is 7.41. The predicted octanol–water partition coefficient (Wildman–Crippen LogP) is 2.37. The minimum atomic E-state index is -0.0292. The molecule has 0 aliphatic rings. The van der Waals surface area contributed by atoms with Crippen molar-refractivity contribution in [2.75, 3.05) is 12.4 Å². The number of nitrogens with one attached hydrogen (secondary N) is 1. The quantitative estimate of drug-likeness (QED) is 0.611. The molecule has 1 rings (SSSR count). The van der Waals surface area contributed by atoms with Gasteiger partial charge in [0, 0.05) is 25.7 Å². The summed E-state index contributed by atoms with van der Waals surface area (Å²) in [5.41, 5.74) is 1.54. The molecule has 1 amide bonds. The van der Waals surface area contributed by atoms with Crippen molar-refractivity contribution >= 4 is 17.5 Å². The third-order valence-electron chi connectivity index (χ3n) is 2.91. The molecule has 1 aromatic rings. The van der Waals surface area contributed by atoms with Gasteiger partial charge in [-0.1, -0.05) is 13.8 Å². The Labute approximate surface area is 114 Å². The fraction of sp³-hybridized carbons (Fsp3) is 0.692. The molecule has 1 atom stereocenters. The number of nitrogens with zero attached hydrogens (tertiary/aromatic N) is 2. The zero-order chi connectivity index (χ0) is 13.5. The van der Waals surface area contributed by atoms with Gasteiger partial charge in [-0.05, 0) is 25.2 Å². The van der Waals surface area contributed by atoms with Crippen LogP contribution in [-0.4, -0.2) is 28.1 Å². The first kappa shape index (κ1) is 15.0. The van der Waals surface area contributed by atoms with Crippen LogP contribution in [0, 0.1) is 5.92 Å². The Bertz CT molecular complexity index is 390. The van der Waals surface area contributed by atoms with Crippen LogP contribution in [0.5, 0.6) is 0 Å². The lowest BCUT2D eigenvalue weighted by atomic mass is 10.1. The number of aromatic nitrogens is 2. The van der Waals surface area contributed by atoms with E-state index in [1.165, 1.54) is 0 Å². The summed E-state index contributed by atoms with van der Waals surface area (Å²) >= 11 is 5.73. The zero-order valence-electron chi connectivity index (χ0n) is 11.4. The van der Waals surface area contributed by atoms with E-state index >= 15 is 0 Å². The van der Waals surface area contributed by atoms with Crippen LogP contribution >= 0.6 is 11.6 Å². The van der Waals surface area contributed by atoms with E-state index in [0.29, 0.717) is 23.9 Å². The lowest BCUT2D eigenvalue weighted by Crippen LogP contribution is -2.25. The third kappa shape index (κ3) is 4.33. The minimum absolute atomic E-state index is 0.0292. The summed E-state index contributed by atoms with van der Waals surface area (Å²) in [4.78, 5) is 12.0. The van der Waals surface area contributed by atoms with E-state index in [4.69, 9.17) is 11.6 Å². The first-order valence-electron chi connectivity index (χ1n) is 6.45. The topological polar surface area (TPSA) is 46.9 Å². The first-order chi connectivity index (χ1) is 8.58. The number of hydrogen-bond acceptors (Lipinski definition) is 2. The Morgan fingerprint density at radius 1 is 1.61 bits per heavy atom. The van der Waals surface area contributed by atoms with Gasteiger partial charge in [-0.15, -0.1) is 11.6 Å². The van der Waals surface area contributed by atoms with Crippen LogP contribution in [0.25, 0.3) is 0 Å². The Morgan fingerprint density at radius 2 is 2.33 bits per heavy atom. The summed E-state index contributed by atoms with van der Waals surface area (Å²) in [6.45, 7) is 4.81. The fourth-order valence-corrected chi connectivity index (χ4v) is 1.96. The van der Waals surface area contributed by atoms with Crippen molar-refractivity contribution < 1.29 is 4.79 Å². The normalized spacial score (nSPS) is 12.4. The molecular weight excluding hydrogens is 250 g/mol. The largest absolute Gasteiger partial charge is 0.352 e. The van der Waals surface area contributed by atoms with Crippen molar-refractivity contribution in [2.24, 2.45) is 13.0 Å². The molecule has 5 heteroatoms. The number of hydrogen-bond donors (Lipinski definition) is 1. The molecule has 0 aliphatic carbocycles. The molecular formula is C13H22ClN3O. The van der Waals surface area contributed by atoms with Crippen LogP contribution in [0.3, 0.4) is 0 Å². The summed E-state index contributed by atoms with van der Waals surface area (Å²) in [6, 6.07) is 0. The van der Waals surface area contributed by atoms with E-state index in [2.05, 4.69) is 17.3 Å². The van der Waals surface area contributed by atoms with E-state index in [-0.39, 0.29) is 5.91 Å². The third-order valence-corrected chi connectivity index (χ3v) is 3.43. The molecule has 0 saturated heterocycles. The number of halogens is 1. The maximum absolute atomic E-state index is 12.0. The van der Waals surface area contributed by atoms with Crippen LogP contribution in [0.1, 0.15) is 42.7 Å². The van der Waals surface area contributed by atoms with Crippen LogP contribution in [-0.2, 0) is 13.5 Å². The summed E-state index contributed by atoms with van der Waals surface area (Å²) in [5.74, 6) is 1.16. The van der Waals surface area contributed by atoms with Gasteiger partial charge in [0.05, 0.1) is 11.3 Å².